The van der Waals surface area contributed by atoms with E-state index in [0.717, 1.165) is 21.3 Å². The topological polar surface area (TPSA) is 87.8 Å². The number of Topliss-reactive ketones (excluding diaryl/α,β-unsaturated/α-hetero) is 1. The van der Waals surface area contributed by atoms with Crippen molar-refractivity contribution >= 4 is 49.8 Å². The Kier molecular flexibility index (Phi) is 5.69. The predicted molar refractivity (Wildman–Crippen MR) is 154 cm³/mol. The van der Waals surface area contributed by atoms with Gasteiger partial charge >= 0.3 is 5.91 Å². The number of amides is 1. The largest absolute Gasteiger partial charge is 0.505 e. The van der Waals surface area contributed by atoms with Gasteiger partial charge in [-0.2, -0.15) is 0 Å². The highest BCUT2D eigenvalue weighted by Gasteiger charge is 2.48. The fourth-order valence-corrected chi connectivity index (χ4v) is 6.25. The monoisotopic (exact) mass is 536 g/mol. The van der Waals surface area contributed by atoms with Crippen LogP contribution in [0.25, 0.3) is 21.6 Å². The number of aliphatic hydroxyl groups is 1. The summed E-state index contributed by atoms with van der Waals surface area (Å²) in [5.41, 5.74) is 5.20. The summed E-state index contributed by atoms with van der Waals surface area (Å²) in [6.45, 7) is 10.2. The third kappa shape index (κ3) is 4.03. The Hall–Kier alpha value is -4.30. The average molecular weight is 537 g/mol. The molecule has 196 valence electrons. The van der Waals surface area contributed by atoms with E-state index in [-0.39, 0.29) is 16.7 Å². The van der Waals surface area contributed by atoms with Gasteiger partial charge in [0.25, 0.3) is 5.78 Å². The molecule has 1 unspecified atom stereocenters. The van der Waals surface area contributed by atoms with Crippen LogP contribution in [0.5, 0.6) is 0 Å². The number of hydrogen-bond donors (Lipinski definition) is 1. The summed E-state index contributed by atoms with van der Waals surface area (Å²) in [6.07, 6.45) is 1.78. The van der Waals surface area contributed by atoms with E-state index in [4.69, 9.17) is 4.98 Å². The van der Waals surface area contributed by atoms with Gasteiger partial charge in [-0.1, -0.05) is 68.5 Å². The van der Waals surface area contributed by atoms with E-state index < -0.39 is 17.7 Å². The van der Waals surface area contributed by atoms with E-state index in [9.17, 15) is 14.7 Å². The highest BCUT2D eigenvalue weighted by atomic mass is 32.1. The molecule has 0 spiro atoms. The molecular formula is C31H28N4O3S. The molecule has 3 aromatic heterocycles. The quantitative estimate of drug-likeness (QED) is 0.162. The molecule has 39 heavy (non-hydrogen) atoms. The molecule has 1 aliphatic heterocycles. The minimum Gasteiger partial charge on any atom is -0.505 e. The molecule has 4 heterocycles. The molecule has 6 rings (SSSR count). The molecular weight excluding hydrogens is 508 g/mol. The summed E-state index contributed by atoms with van der Waals surface area (Å²) < 4.78 is 2.66. The second-order valence-corrected chi connectivity index (χ2v) is 12.0. The summed E-state index contributed by atoms with van der Waals surface area (Å²) >= 11 is 1.36. The van der Waals surface area contributed by atoms with Gasteiger partial charge in [0.05, 0.1) is 27.5 Å². The predicted octanol–water partition coefficient (Wildman–Crippen LogP) is 6.48. The Balaban J connectivity index is 1.60. The van der Waals surface area contributed by atoms with Crippen LogP contribution in [0.2, 0.25) is 0 Å². The number of carbonyl (C=O) groups is 2. The minimum atomic E-state index is -0.852. The van der Waals surface area contributed by atoms with Crippen LogP contribution in [0, 0.1) is 13.8 Å². The Morgan fingerprint density at radius 1 is 0.974 bits per heavy atom. The Labute approximate surface area is 230 Å². The van der Waals surface area contributed by atoms with Gasteiger partial charge < -0.3 is 5.11 Å². The van der Waals surface area contributed by atoms with Crippen LogP contribution in [0.3, 0.4) is 0 Å². The van der Waals surface area contributed by atoms with Crippen LogP contribution in [-0.4, -0.2) is 31.2 Å². The first-order valence-electron chi connectivity index (χ1n) is 12.8. The molecule has 1 fully saturated rings. The number of fused-ring (bicyclic) bond motifs is 2. The van der Waals surface area contributed by atoms with Gasteiger partial charge in [-0.3, -0.25) is 18.9 Å². The zero-order valence-electron chi connectivity index (χ0n) is 22.4. The van der Waals surface area contributed by atoms with Crippen molar-refractivity contribution in [1.82, 2.24) is 14.4 Å². The second-order valence-electron chi connectivity index (χ2n) is 11.0. The van der Waals surface area contributed by atoms with Crippen molar-refractivity contribution in [3.05, 3.63) is 101 Å². The maximum Gasteiger partial charge on any atom is 0.301 e. The fourth-order valence-electron chi connectivity index (χ4n) is 5.16. The van der Waals surface area contributed by atoms with E-state index in [1.165, 1.54) is 16.2 Å². The first kappa shape index (κ1) is 25.0. The lowest BCUT2D eigenvalue weighted by atomic mass is 9.85. The number of pyridine rings is 1. The van der Waals surface area contributed by atoms with Crippen molar-refractivity contribution in [2.24, 2.45) is 0 Å². The molecule has 0 bridgehead atoms. The summed E-state index contributed by atoms with van der Waals surface area (Å²) in [6, 6.07) is 18.4. The summed E-state index contributed by atoms with van der Waals surface area (Å²) in [4.78, 5) is 38.1. The zero-order chi connectivity index (χ0) is 27.6. The number of ketones is 1. The second kappa shape index (κ2) is 8.88. The maximum atomic E-state index is 13.7. The number of thiazole rings is 1. The fraction of sp³-hybridized carbons (Fsp3) is 0.226. The van der Waals surface area contributed by atoms with E-state index in [1.54, 1.807) is 17.5 Å². The Morgan fingerprint density at radius 2 is 1.72 bits per heavy atom. The van der Waals surface area contributed by atoms with Gasteiger partial charge in [0.15, 0.2) is 10.9 Å². The Morgan fingerprint density at radius 3 is 2.44 bits per heavy atom. The first-order chi connectivity index (χ1) is 18.5. The molecule has 1 saturated heterocycles. The van der Waals surface area contributed by atoms with Crippen molar-refractivity contribution in [1.29, 1.82) is 0 Å². The molecule has 1 aliphatic rings. The number of anilines is 1. The number of carbonyl (C=O) groups excluding carboxylic acids is 2. The van der Waals surface area contributed by atoms with Crippen LogP contribution in [0.15, 0.2) is 72.4 Å². The third-order valence-corrected chi connectivity index (χ3v) is 8.22. The number of aromatic nitrogens is 3. The summed E-state index contributed by atoms with van der Waals surface area (Å²) in [5.74, 6) is -1.73. The Bertz CT molecular complexity index is 1820. The SMILES string of the molecule is Cc1ccc2nc(N3C(=O)C(=O)C(=C(O)c4c(C)nc5ccccn45)C3c3ccc(C(C)(C)C)cc3)sc2c1. The van der Waals surface area contributed by atoms with Gasteiger partial charge in [0.1, 0.15) is 11.3 Å². The lowest BCUT2D eigenvalue weighted by molar-refractivity contribution is -0.132. The third-order valence-electron chi connectivity index (χ3n) is 7.20. The van der Waals surface area contributed by atoms with Crippen LogP contribution >= 0.6 is 11.3 Å². The van der Waals surface area contributed by atoms with Crippen molar-refractivity contribution in [3.63, 3.8) is 0 Å². The van der Waals surface area contributed by atoms with E-state index >= 15 is 0 Å². The highest BCUT2D eigenvalue weighted by molar-refractivity contribution is 7.22. The molecule has 1 amide bonds. The van der Waals surface area contributed by atoms with Gasteiger partial charge in [-0.25, -0.2) is 9.97 Å². The van der Waals surface area contributed by atoms with Crippen LogP contribution in [0.1, 0.15) is 54.9 Å². The van der Waals surface area contributed by atoms with Crippen molar-refractivity contribution in [2.45, 2.75) is 46.1 Å². The number of imidazole rings is 1. The molecule has 8 heteroatoms. The number of benzene rings is 2. The van der Waals surface area contributed by atoms with E-state index in [1.807, 2.05) is 67.6 Å². The number of rotatable bonds is 3. The number of hydrogen-bond acceptors (Lipinski definition) is 6. The zero-order valence-corrected chi connectivity index (χ0v) is 23.2. The van der Waals surface area contributed by atoms with E-state index in [0.29, 0.717) is 27.7 Å². The number of aliphatic hydroxyl groups excluding tert-OH is 1. The van der Waals surface area contributed by atoms with Gasteiger partial charge in [-0.05, 0) is 60.2 Å². The molecule has 0 radical (unpaired) electrons. The van der Waals surface area contributed by atoms with Crippen LogP contribution < -0.4 is 4.90 Å². The lowest BCUT2D eigenvalue weighted by Gasteiger charge is -2.24. The molecule has 7 nitrogen and oxygen atoms in total. The standard InChI is InChI=1S/C31H28N4O3S/c1-17-9-14-21-22(16-17)39-30(33-21)35-26(19-10-12-20(13-11-19)31(3,4)5)24(28(37)29(35)38)27(36)25-18(2)32-23-8-6-7-15-34(23)25/h6-16,26,36H,1-5H3. The van der Waals surface area contributed by atoms with Crippen LogP contribution in [0.4, 0.5) is 5.13 Å². The maximum absolute atomic E-state index is 13.7. The smallest absolute Gasteiger partial charge is 0.301 e. The van der Waals surface area contributed by atoms with Gasteiger partial charge in [0, 0.05) is 6.20 Å². The van der Waals surface area contributed by atoms with Gasteiger partial charge in [-0.15, -0.1) is 0 Å². The van der Waals surface area contributed by atoms with Gasteiger partial charge in [0.2, 0.25) is 0 Å². The molecule has 0 aliphatic carbocycles. The lowest BCUT2D eigenvalue weighted by Crippen LogP contribution is -2.29. The van der Waals surface area contributed by atoms with Crippen LogP contribution in [-0.2, 0) is 15.0 Å². The molecule has 0 saturated carbocycles. The summed E-state index contributed by atoms with van der Waals surface area (Å²) in [5, 5.41) is 12.1. The number of nitrogens with zero attached hydrogens (tertiary/aromatic N) is 4. The molecule has 1 atom stereocenters. The minimum absolute atomic E-state index is 0.0210. The average Bonchev–Trinajstić information content (AvgIpc) is 3.54. The molecule has 5 aromatic rings. The van der Waals surface area contributed by atoms with E-state index in [2.05, 4.69) is 25.8 Å². The van der Waals surface area contributed by atoms with Crippen molar-refractivity contribution < 1.29 is 14.7 Å². The summed E-state index contributed by atoms with van der Waals surface area (Å²) in [7, 11) is 0. The normalized spacial score (nSPS) is 17.6. The van der Waals surface area contributed by atoms with Crippen molar-refractivity contribution in [3.8, 4) is 0 Å². The molecule has 2 aromatic carbocycles. The van der Waals surface area contributed by atoms with Crippen molar-refractivity contribution in [2.75, 3.05) is 4.90 Å². The highest BCUT2D eigenvalue weighted by Crippen LogP contribution is 2.45. The molecule has 1 N–H and O–H groups in total. The first-order valence-corrected chi connectivity index (χ1v) is 13.6. The number of aryl methyl sites for hydroxylation is 2.